The molecule has 0 radical (unpaired) electrons. The van der Waals surface area contributed by atoms with Crippen molar-refractivity contribution in [3.05, 3.63) is 0 Å². The van der Waals surface area contributed by atoms with E-state index in [1.54, 1.807) is 20.8 Å². The van der Waals surface area contributed by atoms with E-state index in [9.17, 15) is 9.59 Å². The number of alkyl halides is 1. The van der Waals surface area contributed by atoms with Gasteiger partial charge in [-0.25, -0.2) is 4.79 Å². The third kappa shape index (κ3) is 9.34. The molecule has 0 rings (SSSR count). The van der Waals surface area contributed by atoms with Crippen molar-refractivity contribution in [2.45, 2.75) is 32.8 Å². The van der Waals surface area contributed by atoms with Crippen LogP contribution in [0.4, 0.5) is 4.79 Å². The Kier molecular flexibility index (Phi) is 6.08. The van der Waals surface area contributed by atoms with E-state index in [0.717, 1.165) is 0 Å². The van der Waals surface area contributed by atoms with Crippen LogP contribution < -0.4 is 5.32 Å². The monoisotopic (exact) mass is 237 g/mol. The number of carbonyl (C=O) groups is 2. The lowest BCUT2D eigenvalue weighted by molar-refractivity contribution is -0.141. The smallest absolute Gasteiger partial charge is 0.407 e. The van der Waals surface area contributed by atoms with Gasteiger partial charge in [-0.2, -0.15) is 0 Å². The van der Waals surface area contributed by atoms with Crippen molar-refractivity contribution in [3.8, 4) is 0 Å². The van der Waals surface area contributed by atoms with Crippen molar-refractivity contribution < 1.29 is 19.1 Å². The molecule has 0 saturated carbocycles. The number of alkyl carbamates (subject to hydrolysis) is 1. The van der Waals surface area contributed by atoms with E-state index >= 15 is 0 Å². The Balaban J connectivity index is 3.60. The zero-order valence-corrected chi connectivity index (χ0v) is 9.89. The summed E-state index contributed by atoms with van der Waals surface area (Å²) in [5.41, 5.74) is -0.541. The number of esters is 1. The van der Waals surface area contributed by atoms with E-state index in [4.69, 9.17) is 16.3 Å². The molecule has 0 aliphatic carbocycles. The van der Waals surface area contributed by atoms with Gasteiger partial charge in [-0.05, 0) is 20.8 Å². The van der Waals surface area contributed by atoms with Crippen LogP contribution >= 0.6 is 11.6 Å². The van der Waals surface area contributed by atoms with Crippen LogP contribution in [-0.4, -0.2) is 30.3 Å². The quantitative estimate of drug-likeness (QED) is 0.596. The Morgan fingerprint density at radius 1 is 1.33 bits per heavy atom. The van der Waals surface area contributed by atoms with Gasteiger partial charge in [0.1, 0.15) is 5.60 Å². The summed E-state index contributed by atoms with van der Waals surface area (Å²) in [6.07, 6.45) is -0.479. The molecule has 5 nitrogen and oxygen atoms in total. The molecule has 0 unspecified atom stereocenters. The molecular weight excluding hydrogens is 222 g/mol. The summed E-state index contributed by atoms with van der Waals surface area (Å²) < 4.78 is 9.41. The van der Waals surface area contributed by atoms with Crippen molar-refractivity contribution >= 4 is 23.7 Å². The Bertz CT molecular complexity index is 225. The molecule has 1 N–H and O–H groups in total. The summed E-state index contributed by atoms with van der Waals surface area (Å²) >= 11 is 5.17. The van der Waals surface area contributed by atoms with Gasteiger partial charge in [0.05, 0.1) is 6.42 Å². The van der Waals surface area contributed by atoms with Crippen molar-refractivity contribution in [1.29, 1.82) is 0 Å². The van der Waals surface area contributed by atoms with E-state index in [0.29, 0.717) is 0 Å². The second kappa shape index (κ2) is 6.50. The maximum atomic E-state index is 11.1. The molecule has 1 amide bonds. The third-order valence-electron chi connectivity index (χ3n) is 1.21. The van der Waals surface area contributed by atoms with Crippen LogP contribution in [-0.2, 0) is 14.3 Å². The molecule has 88 valence electrons. The predicted molar refractivity (Wildman–Crippen MR) is 55.7 cm³/mol. The van der Waals surface area contributed by atoms with Crippen molar-refractivity contribution in [2.75, 3.05) is 12.6 Å². The summed E-state index contributed by atoms with van der Waals surface area (Å²) in [6.45, 7) is 5.45. The van der Waals surface area contributed by atoms with Crippen LogP contribution in [0.1, 0.15) is 27.2 Å². The fourth-order valence-corrected chi connectivity index (χ4v) is 0.836. The standard InChI is InChI=1S/C9H16ClNO4/c1-9(2,3)15-8(13)11-5-4-7(12)14-6-10/h4-6H2,1-3H3,(H,11,13). The van der Waals surface area contributed by atoms with Crippen molar-refractivity contribution in [3.63, 3.8) is 0 Å². The first-order valence-electron chi connectivity index (χ1n) is 4.53. The van der Waals surface area contributed by atoms with Crippen LogP contribution in [0.2, 0.25) is 0 Å². The molecule has 0 atom stereocenters. The van der Waals surface area contributed by atoms with E-state index in [-0.39, 0.29) is 19.0 Å². The minimum atomic E-state index is -0.554. The number of carbonyl (C=O) groups excluding carboxylic acids is 2. The normalized spacial score (nSPS) is 10.7. The topological polar surface area (TPSA) is 64.6 Å². The highest BCUT2D eigenvalue weighted by atomic mass is 35.5. The van der Waals surface area contributed by atoms with E-state index < -0.39 is 17.7 Å². The van der Waals surface area contributed by atoms with Gasteiger partial charge in [0.15, 0.2) is 6.07 Å². The lowest BCUT2D eigenvalue weighted by Gasteiger charge is -2.19. The Morgan fingerprint density at radius 2 is 1.93 bits per heavy atom. The second-order valence-electron chi connectivity index (χ2n) is 3.80. The van der Waals surface area contributed by atoms with Gasteiger partial charge in [-0.1, -0.05) is 11.6 Å². The Labute approximate surface area is 94.1 Å². The summed E-state index contributed by atoms with van der Waals surface area (Å²) in [5, 5.41) is 2.42. The molecule has 0 heterocycles. The Morgan fingerprint density at radius 3 is 2.40 bits per heavy atom. The summed E-state index contributed by atoms with van der Waals surface area (Å²) in [6, 6.07) is -0.175. The van der Waals surface area contributed by atoms with Crippen molar-refractivity contribution in [1.82, 2.24) is 5.32 Å². The molecule has 0 aliphatic rings. The SMILES string of the molecule is CC(C)(C)OC(=O)NCCC(=O)OCCl. The highest BCUT2D eigenvalue weighted by Crippen LogP contribution is 2.06. The van der Waals surface area contributed by atoms with Crippen LogP contribution in [0, 0.1) is 0 Å². The largest absolute Gasteiger partial charge is 0.449 e. The first-order valence-corrected chi connectivity index (χ1v) is 5.07. The second-order valence-corrected chi connectivity index (χ2v) is 4.02. The van der Waals surface area contributed by atoms with E-state index in [1.165, 1.54) is 0 Å². The molecule has 0 aromatic carbocycles. The fraction of sp³-hybridized carbons (Fsp3) is 0.778. The number of rotatable bonds is 4. The molecule has 6 heteroatoms. The molecule has 0 aromatic heterocycles. The molecule has 0 bridgehead atoms. The van der Waals surface area contributed by atoms with Gasteiger partial charge < -0.3 is 14.8 Å². The Hall–Kier alpha value is -0.970. The lowest BCUT2D eigenvalue weighted by Crippen LogP contribution is -2.33. The number of amides is 1. The number of hydrogen-bond donors (Lipinski definition) is 1. The molecule has 0 aliphatic heterocycles. The maximum absolute atomic E-state index is 11.1. The van der Waals surface area contributed by atoms with Gasteiger partial charge in [-0.3, -0.25) is 4.79 Å². The van der Waals surface area contributed by atoms with Crippen LogP contribution in [0.25, 0.3) is 0 Å². The van der Waals surface area contributed by atoms with Gasteiger partial charge in [0.2, 0.25) is 0 Å². The highest BCUT2D eigenvalue weighted by molar-refractivity contribution is 6.17. The first kappa shape index (κ1) is 14.0. The van der Waals surface area contributed by atoms with Gasteiger partial charge >= 0.3 is 12.1 Å². The molecule has 15 heavy (non-hydrogen) atoms. The number of hydrogen-bond acceptors (Lipinski definition) is 4. The number of nitrogens with one attached hydrogen (secondary N) is 1. The average Bonchev–Trinajstić information content (AvgIpc) is 2.00. The van der Waals surface area contributed by atoms with Crippen molar-refractivity contribution in [2.24, 2.45) is 0 Å². The van der Waals surface area contributed by atoms with Crippen LogP contribution in [0.15, 0.2) is 0 Å². The van der Waals surface area contributed by atoms with Crippen LogP contribution in [0.3, 0.4) is 0 Å². The molecule has 0 saturated heterocycles. The minimum absolute atomic E-state index is 0.0754. The average molecular weight is 238 g/mol. The number of halogens is 1. The third-order valence-corrected chi connectivity index (χ3v) is 1.32. The van der Waals surface area contributed by atoms with Crippen LogP contribution in [0.5, 0.6) is 0 Å². The molecular formula is C9H16ClNO4. The molecule has 0 spiro atoms. The van der Waals surface area contributed by atoms with Gasteiger partial charge in [0, 0.05) is 6.54 Å². The van der Waals surface area contributed by atoms with E-state index in [1.807, 2.05) is 0 Å². The van der Waals surface area contributed by atoms with Gasteiger partial charge in [0.25, 0.3) is 0 Å². The van der Waals surface area contributed by atoms with E-state index in [2.05, 4.69) is 10.1 Å². The maximum Gasteiger partial charge on any atom is 0.407 e. The number of ether oxygens (including phenoxy) is 2. The summed E-state index contributed by atoms with van der Waals surface area (Å²) in [4.78, 5) is 21.9. The zero-order valence-electron chi connectivity index (χ0n) is 9.13. The summed E-state index contributed by atoms with van der Waals surface area (Å²) in [5.74, 6) is -0.457. The minimum Gasteiger partial charge on any atom is -0.449 e. The zero-order chi connectivity index (χ0) is 11.9. The fourth-order valence-electron chi connectivity index (χ4n) is 0.714. The highest BCUT2D eigenvalue weighted by Gasteiger charge is 2.15. The lowest BCUT2D eigenvalue weighted by atomic mass is 10.2. The molecule has 0 fully saturated rings. The molecule has 0 aromatic rings. The first-order chi connectivity index (χ1) is 6.85. The van der Waals surface area contributed by atoms with Gasteiger partial charge in [-0.15, -0.1) is 0 Å². The predicted octanol–water partition coefficient (Wildman–Crippen LogP) is 1.64. The summed E-state index contributed by atoms with van der Waals surface area (Å²) in [7, 11) is 0.